The molecule has 2 heterocycles. The van der Waals surface area contributed by atoms with Crippen molar-refractivity contribution in [2.24, 2.45) is 5.92 Å². The third-order valence-electron chi connectivity index (χ3n) is 5.78. The number of thiazole rings is 1. The Labute approximate surface area is 175 Å². The highest BCUT2D eigenvalue weighted by Gasteiger charge is 2.29. The van der Waals surface area contributed by atoms with Gasteiger partial charge in [-0.15, -0.1) is 11.3 Å². The number of carbonyl (C=O) groups excluding carboxylic acids is 2. The highest BCUT2D eigenvalue weighted by atomic mass is 32.1. The molecule has 1 atom stereocenters. The molecule has 1 aromatic carbocycles. The molecule has 1 saturated heterocycles. The zero-order valence-electron chi connectivity index (χ0n) is 17.3. The molecule has 1 aliphatic carbocycles. The summed E-state index contributed by atoms with van der Waals surface area (Å²) in [5, 5.41) is 4.14. The quantitative estimate of drug-likeness (QED) is 0.841. The van der Waals surface area contributed by atoms with Crippen molar-refractivity contribution >= 4 is 34.0 Å². The smallest absolute Gasteiger partial charge is 0.227 e. The van der Waals surface area contributed by atoms with Crippen LogP contribution in [0.4, 0.5) is 10.8 Å². The number of hydrogen-bond donors (Lipinski definition) is 1. The number of hydrogen-bond acceptors (Lipinski definition) is 5. The molecular weight excluding hydrogens is 384 g/mol. The summed E-state index contributed by atoms with van der Waals surface area (Å²) in [6, 6.07) is 6.15. The van der Waals surface area contributed by atoms with Gasteiger partial charge in [0.1, 0.15) is 0 Å². The van der Waals surface area contributed by atoms with Gasteiger partial charge in [-0.2, -0.15) is 0 Å². The van der Waals surface area contributed by atoms with E-state index in [1.165, 1.54) is 4.88 Å². The van der Waals surface area contributed by atoms with Crippen molar-refractivity contribution in [1.29, 1.82) is 0 Å². The Hall–Kier alpha value is -2.41. The lowest BCUT2D eigenvalue weighted by atomic mass is 9.90. The number of nitrogens with one attached hydrogen (secondary N) is 1. The van der Waals surface area contributed by atoms with Crippen molar-refractivity contribution < 1.29 is 9.59 Å². The number of anilines is 2. The third-order valence-corrected chi connectivity index (χ3v) is 6.96. The monoisotopic (exact) mass is 412 g/mol. The van der Waals surface area contributed by atoms with Crippen molar-refractivity contribution in [3.8, 4) is 0 Å². The molecule has 0 saturated carbocycles. The van der Waals surface area contributed by atoms with Crippen molar-refractivity contribution in [2.75, 3.05) is 36.4 Å². The van der Waals surface area contributed by atoms with Crippen LogP contribution in [-0.2, 0) is 22.4 Å². The van der Waals surface area contributed by atoms with E-state index in [-0.39, 0.29) is 17.7 Å². The van der Waals surface area contributed by atoms with Crippen molar-refractivity contribution in [3.63, 3.8) is 0 Å². The van der Waals surface area contributed by atoms with E-state index in [4.69, 9.17) is 4.98 Å². The number of carbonyl (C=O) groups is 2. The second-order valence-corrected chi connectivity index (χ2v) is 9.23. The van der Waals surface area contributed by atoms with Gasteiger partial charge in [-0.1, -0.05) is 6.07 Å². The Balaban J connectivity index is 1.40. The molecule has 1 aliphatic heterocycles. The maximum atomic E-state index is 12.8. The second kappa shape index (κ2) is 8.14. The molecule has 6 nitrogen and oxygen atoms in total. The lowest BCUT2D eigenvalue weighted by Gasteiger charge is -2.33. The van der Waals surface area contributed by atoms with Gasteiger partial charge in [0.15, 0.2) is 5.13 Å². The first-order valence-corrected chi connectivity index (χ1v) is 11.1. The molecule has 0 bridgehead atoms. The first-order chi connectivity index (χ1) is 13.9. The summed E-state index contributed by atoms with van der Waals surface area (Å²) in [7, 11) is 0. The Morgan fingerprint density at radius 3 is 2.45 bits per heavy atom. The largest absolute Gasteiger partial charge is 0.345 e. The van der Waals surface area contributed by atoms with Gasteiger partial charge in [0.05, 0.1) is 5.69 Å². The van der Waals surface area contributed by atoms with Crippen molar-refractivity contribution in [2.45, 2.75) is 40.0 Å². The zero-order chi connectivity index (χ0) is 20.5. The summed E-state index contributed by atoms with van der Waals surface area (Å²) in [4.78, 5) is 34.6. The predicted molar refractivity (Wildman–Crippen MR) is 117 cm³/mol. The molecule has 0 radical (unpaired) electrons. The number of fused-ring (bicyclic) bond motifs is 1. The maximum Gasteiger partial charge on any atom is 0.227 e. The molecule has 2 aliphatic rings. The van der Waals surface area contributed by atoms with Crippen molar-refractivity contribution in [1.82, 2.24) is 9.88 Å². The lowest BCUT2D eigenvalue weighted by molar-refractivity contribution is -0.129. The van der Waals surface area contributed by atoms with Gasteiger partial charge >= 0.3 is 0 Å². The Bertz CT molecular complexity index is 911. The van der Waals surface area contributed by atoms with E-state index in [1.54, 1.807) is 18.3 Å². The van der Waals surface area contributed by atoms with E-state index >= 15 is 0 Å². The number of nitrogens with zero attached hydrogens (tertiary/aromatic N) is 3. The summed E-state index contributed by atoms with van der Waals surface area (Å²) in [6.07, 6.45) is 2.45. The normalized spacial score (nSPS) is 19.1. The maximum absolute atomic E-state index is 12.8. The molecule has 1 N–H and O–H groups in total. The van der Waals surface area contributed by atoms with Crippen LogP contribution >= 0.6 is 11.3 Å². The molecule has 154 valence electrons. The van der Waals surface area contributed by atoms with Gasteiger partial charge in [0, 0.05) is 49.6 Å². The fourth-order valence-electron chi connectivity index (χ4n) is 4.22. The minimum absolute atomic E-state index is 0.00817. The number of amides is 2. The first-order valence-electron chi connectivity index (χ1n) is 10.3. The van der Waals surface area contributed by atoms with E-state index in [0.717, 1.165) is 73.1 Å². The summed E-state index contributed by atoms with van der Waals surface area (Å²) >= 11 is 1.72. The van der Waals surface area contributed by atoms with Crippen LogP contribution in [0.2, 0.25) is 0 Å². The van der Waals surface area contributed by atoms with Crippen LogP contribution in [0.5, 0.6) is 0 Å². The van der Waals surface area contributed by atoms with Crippen LogP contribution < -0.4 is 10.2 Å². The van der Waals surface area contributed by atoms with Crippen molar-refractivity contribution in [3.05, 3.63) is 39.9 Å². The summed E-state index contributed by atoms with van der Waals surface area (Å²) < 4.78 is 0. The second-order valence-electron chi connectivity index (χ2n) is 8.16. The molecule has 4 rings (SSSR count). The number of rotatable bonds is 3. The molecule has 0 spiro atoms. The Morgan fingerprint density at radius 1 is 1.10 bits per heavy atom. The molecule has 2 amide bonds. The summed E-state index contributed by atoms with van der Waals surface area (Å²) in [6.45, 7) is 8.86. The van der Waals surface area contributed by atoms with E-state index in [1.807, 2.05) is 30.9 Å². The zero-order valence-corrected chi connectivity index (χ0v) is 18.1. The van der Waals surface area contributed by atoms with Gasteiger partial charge in [-0.25, -0.2) is 4.98 Å². The average molecular weight is 413 g/mol. The van der Waals surface area contributed by atoms with Crippen LogP contribution in [0.3, 0.4) is 0 Å². The fraction of sp³-hybridized carbons (Fsp3) is 0.500. The molecule has 7 heteroatoms. The highest BCUT2D eigenvalue weighted by Crippen LogP contribution is 2.35. The van der Waals surface area contributed by atoms with Gasteiger partial charge in [-0.3, -0.25) is 9.59 Å². The third kappa shape index (κ3) is 4.45. The predicted octanol–water partition coefficient (Wildman–Crippen LogP) is 3.17. The van der Waals surface area contributed by atoms with Gasteiger partial charge in [0.2, 0.25) is 11.8 Å². The number of piperazine rings is 1. The molecule has 2 aromatic rings. The number of aryl methyl sites for hydroxylation is 3. The molecule has 0 unspecified atom stereocenters. The number of benzene rings is 1. The van der Waals surface area contributed by atoms with Gasteiger partial charge < -0.3 is 15.1 Å². The number of aromatic nitrogens is 1. The highest BCUT2D eigenvalue weighted by molar-refractivity contribution is 7.15. The van der Waals surface area contributed by atoms with E-state index < -0.39 is 0 Å². The van der Waals surface area contributed by atoms with E-state index in [0.29, 0.717) is 0 Å². The summed E-state index contributed by atoms with van der Waals surface area (Å²) in [5.74, 6) is 0.234. The van der Waals surface area contributed by atoms with Gasteiger partial charge in [-0.05, 0) is 56.4 Å². The van der Waals surface area contributed by atoms with Crippen LogP contribution in [0.25, 0.3) is 0 Å². The van der Waals surface area contributed by atoms with Crippen LogP contribution in [-0.4, -0.2) is 47.9 Å². The van der Waals surface area contributed by atoms with Crippen LogP contribution in [0.1, 0.15) is 35.0 Å². The summed E-state index contributed by atoms with van der Waals surface area (Å²) in [5.41, 5.74) is 4.34. The molecule has 1 aromatic heterocycles. The van der Waals surface area contributed by atoms with Gasteiger partial charge in [0.25, 0.3) is 0 Å². The van der Waals surface area contributed by atoms with E-state index in [9.17, 15) is 9.59 Å². The fourth-order valence-corrected chi connectivity index (χ4v) is 5.46. The molecule has 1 fully saturated rings. The Morgan fingerprint density at radius 2 is 1.79 bits per heavy atom. The van der Waals surface area contributed by atoms with Crippen LogP contribution in [0.15, 0.2) is 18.2 Å². The minimum Gasteiger partial charge on any atom is -0.345 e. The van der Waals surface area contributed by atoms with E-state index in [2.05, 4.69) is 16.3 Å². The Kier molecular flexibility index (Phi) is 5.58. The topological polar surface area (TPSA) is 65.5 Å². The lowest BCUT2D eigenvalue weighted by Crippen LogP contribution is -2.48. The molecular formula is C22H28N4O2S. The van der Waals surface area contributed by atoms with Crippen LogP contribution in [0, 0.1) is 19.8 Å². The first kappa shape index (κ1) is 19.9. The average Bonchev–Trinajstić information content (AvgIpc) is 3.10. The molecule has 29 heavy (non-hydrogen) atoms. The SMILES string of the molecule is CC(=O)N1CCN(c2nc3c(s2)C[C@@H](C(=O)Nc2cc(C)cc(C)c2)CC3)CC1. The standard InChI is InChI=1S/C22H28N4O2S/c1-14-10-15(2)12-18(11-14)23-21(28)17-4-5-19-20(13-17)29-22(24-19)26-8-6-25(7-9-26)16(3)27/h10-12,17H,4-9,13H2,1-3H3,(H,23,28)/t17-/m0/s1. The minimum atomic E-state index is -0.00817.